The number of carboxylic acid groups (broad SMARTS) is 1. The van der Waals surface area contributed by atoms with Crippen LogP contribution in [0.1, 0.15) is 49.4 Å². The summed E-state index contributed by atoms with van der Waals surface area (Å²) < 4.78 is 59.9. The molecule has 40 heavy (non-hydrogen) atoms. The van der Waals surface area contributed by atoms with Crippen LogP contribution in [0.3, 0.4) is 0 Å². The number of piperidine rings is 1. The van der Waals surface area contributed by atoms with Gasteiger partial charge in [-0.15, -0.1) is 11.8 Å². The second-order valence-corrected chi connectivity index (χ2v) is 11.4. The largest absolute Gasteiger partial charge is 0.497 e. The highest BCUT2D eigenvalue weighted by atomic mass is 32.2. The first kappa shape index (κ1) is 30.1. The fourth-order valence-electron chi connectivity index (χ4n) is 5.49. The number of aliphatic carboxylic acids is 1. The molecule has 1 aliphatic rings. The van der Waals surface area contributed by atoms with Crippen molar-refractivity contribution >= 4 is 28.6 Å². The highest BCUT2D eigenvalue weighted by molar-refractivity contribution is 7.99. The fourth-order valence-corrected chi connectivity index (χ4v) is 6.46. The fraction of sp³-hybridized carbons (Fsp3) is 0.467. The van der Waals surface area contributed by atoms with Gasteiger partial charge in [0.2, 0.25) is 0 Å². The number of ether oxygens (including phenoxy) is 1. The normalized spacial score (nSPS) is 19.0. The zero-order valence-corrected chi connectivity index (χ0v) is 23.2. The number of thioether (sulfide) groups is 1. The second kappa shape index (κ2) is 13.7. The van der Waals surface area contributed by atoms with Crippen LogP contribution in [0.15, 0.2) is 59.6 Å². The molecule has 0 saturated carbocycles. The number of hydrogen-bond acceptors (Lipinski definition) is 5. The summed E-state index contributed by atoms with van der Waals surface area (Å²) in [5, 5.41) is 10.0. The van der Waals surface area contributed by atoms with Gasteiger partial charge in [-0.05, 0) is 92.1 Å². The van der Waals surface area contributed by atoms with E-state index in [0.717, 1.165) is 24.4 Å². The number of methoxy groups -OCH3 is 1. The molecular formula is C30H34F4N2O3S. The molecule has 0 amide bonds. The first-order valence-electron chi connectivity index (χ1n) is 13.4. The summed E-state index contributed by atoms with van der Waals surface area (Å²) in [4.78, 5) is 18.5. The smallest absolute Gasteiger partial charge is 0.416 e. The van der Waals surface area contributed by atoms with Crippen LogP contribution in [0.25, 0.3) is 10.9 Å². The quantitative estimate of drug-likeness (QED) is 0.176. The molecule has 3 aromatic rings. The highest BCUT2D eigenvalue weighted by Crippen LogP contribution is 2.37. The van der Waals surface area contributed by atoms with Crippen LogP contribution < -0.4 is 4.74 Å². The van der Waals surface area contributed by atoms with E-state index >= 15 is 4.39 Å². The maximum absolute atomic E-state index is 15.6. The van der Waals surface area contributed by atoms with Gasteiger partial charge in [0, 0.05) is 41.7 Å². The maximum atomic E-state index is 15.6. The lowest BCUT2D eigenvalue weighted by atomic mass is 9.79. The first-order valence-corrected chi connectivity index (χ1v) is 14.4. The Balaban J connectivity index is 1.34. The number of fused-ring (bicyclic) bond motifs is 1. The SMILES string of the molecule is COc1ccc2nccc([C@H](F)CC[C@@H]3CCN(CCSc4cccc(C(F)(F)F)c4)C[C@H]3CCC(=O)O)c2c1. The van der Waals surface area contributed by atoms with E-state index in [1.54, 1.807) is 37.6 Å². The number of carbonyl (C=O) groups is 1. The highest BCUT2D eigenvalue weighted by Gasteiger charge is 2.31. The third-order valence-corrected chi connectivity index (χ3v) is 8.63. The molecule has 216 valence electrons. The Morgan fingerprint density at radius 2 is 2.00 bits per heavy atom. The lowest BCUT2D eigenvalue weighted by Crippen LogP contribution is -2.41. The van der Waals surface area contributed by atoms with Gasteiger partial charge in [-0.25, -0.2) is 4.39 Å². The summed E-state index contributed by atoms with van der Waals surface area (Å²) in [5.74, 6) is 0.735. The van der Waals surface area contributed by atoms with Crippen molar-refractivity contribution in [1.82, 2.24) is 9.88 Å². The van der Waals surface area contributed by atoms with Gasteiger partial charge in [-0.3, -0.25) is 9.78 Å². The van der Waals surface area contributed by atoms with Crippen LogP contribution in [0.4, 0.5) is 17.6 Å². The second-order valence-electron chi connectivity index (χ2n) is 10.2. The van der Waals surface area contributed by atoms with Crippen LogP contribution in [-0.4, -0.2) is 53.5 Å². The van der Waals surface area contributed by atoms with Gasteiger partial charge in [0.1, 0.15) is 11.9 Å². The standard InChI is InChI=1S/C30H34F4N2O3S/c1-39-23-7-9-28-26(18-23)25(11-13-35-28)27(31)8-5-20-12-14-36(19-21(20)6-10-29(37)38)15-16-40-24-4-2-3-22(17-24)30(32,33)34/h2-4,7,9,11,13,17-18,20-21,27H,5-6,8,10,12,14-16,19H2,1H3,(H,37,38)/t20-,21-,27-/m1/s1. The van der Waals surface area contributed by atoms with Crippen LogP contribution in [0.5, 0.6) is 5.75 Å². The van der Waals surface area contributed by atoms with Crippen LogP contribution in [-0.2, 0) is 11.0 Å². The van der Waals surface area contributed by atoms with Crippen molar-refractivity contribution in [3.63, 3.8) is 0 Å². The Hall–Kier alpha value is -2.85. The minimum Gasteiger partial charge on any atom is -0.497 e. The topological polar surface area (TPSA) is 62.7 Å². The summed E-state index contributed by atoms with van der Waals surface area (Å²) in [6.45, 7) is 2.19. The number of alkyl halides is 4. The van der Waals surface area contributed by atoms with Crippen LogP contribution >= 0.6 is 11.8 Å². The number of rotatable bonds is 12. The van der Waals surface area contributed by atoms with Gasteiger partial charge in [-0.2, -0.15) is 13.2 Å². The molecule has 10 heteroatoms. The van der Waals surface area contributed by atoms with Crippen molar-refractivity contribution < 1.29 is 32.2 Å². The molecule has 1 aromatic heterocycles. The zero-order valence-electron chi connectivity index (χ0n) is 22.4. The number of benzene rings is 2. The molecule has 0 bridgehead atoms. The van der Waals surface area contributed by atoms with E-state index in [-0.39, 0.29) is 18.3 Å². The van der Waals surface area contributed by atoms with Crippen molar-refractivity contribution in [3.05, 3.63) is 65.9 Å². The number of hydrogen-bond donors (Lipinski definition) is 1. The van der Waals surface area contributed by atoms with E-state index in [2.05, 4.69) is 9.88 Å². The summed E-state index contributed by atoms with van der Waals surface area (Å²) in [6, 6.07) is 12.5. The number of pyridine rings is 1. The molecule has 5 nitrogen and oxygen atoms in total. The molecule has 1 aliphatic heterocycles. The van der Waals surface area contributed by atoms with Gasteiger partial charge < -0.3 is 14.7 Å². The molecule has 0 aliphatic carbocycles. The Morgan fingerprint density at radius 1 is 1.18 bits per heavy atom. The number of aromatic nitrogens is 1. The van der Waals surface area contributed by atoms with Crippen molar-refractivity contribution in [2.45, 2.75) is 49.3 Å². The third-order valence-electron chi connectivity index (χ3n) is 7.65. The number of halogens is 4. The predicted octanol–water partition coefficient (Wildman–Crippen LogP) is 7.65. The average Bonchev–Trinajstić information content (AvgIpc) is 2.94. The molecular weight excluding hydrogens is 544 g/mol. The number of nitrogens with zero attached hydrogens (tertiary/aromatic N) is 2. The zero-order chi connectivity index (χ0) is 28.7. The van der Waals surface area contributed by atoms with Gasteiger partial charge in [0.25, 0.3) is 0 Å². The number of carboxylic acids is 1. The Kier molecular flexibility index (Phi) is 10.3. The Bertz CT molecular complexity index is 1290. The lowest BCUT2D eigenvalue weighted by Gasteiger charge is -2.39. The molecule has 0 radical (unpaired) electrons. The average molecular weight is 579 g/mol. The minimum absolute atomic E-state index is 0.0574. The minimum atomic E-state index is -4.37. The summed E-state index contributed by atoms with van der Waals surface area (Å²) >= 11 is 1.38. The van der Waals surface area contributed by atoms with Crippen molar-refractivity contribution in [3.8, 4) is 5.75 Å². The van der Waals surface area contributed by atoms with Gasteiger partial charge in [0.15, 0.2) is 0 Å². The van der Waals surface area contributed by atoms with E-state index in [1.807, 2.05) is 6.07 Å². The van der Waals surface area contributed by atoms with Crippen LogP contribution in [0, 0.1) is 11.8 Å². The third kappa shape index (κ3) is 8.10. The molecule has 0 spiro atoms. The van der Waals surface area contributed by atoms with E-state index < -0.39 is 23.9 Å². The predicted molar refractivity (Wildman–Crippen MR) is 148 cm³/mol. The van der Waals surface area contributed by atoms with E-state index in [0.29, 0.717) is 59.8 Å². The maximum Gasteiger partial charge on any atom is 0.416 e. The summed E-state index contributed by atoms with van der Waals surface area (Å²) in [5.41, 5.74) is 0.628. The van der Waals surface area contributed by atoms with Gasteiger partial charge in [-0.1, -0.05) is 6.07 Å². The lowest BCUT2D eigenvalue weighted by molar-refractivity contribution is -0.138. The molecule has 0 unspecified atom stereocenters. The van der Waals surface area contributed by atoms with Gasteiger partial charge in [0.05, 0.1) is 18.2 Å². The van der Waals surface area contributed by atoms with E-state index in [4.69, 9.17) is 4.74 Å². The van der Waals surface area contributed by atoms with Gasteiger partial charge >= 0.3 is 12.1 Å². The monoisotopic (exact) mass is 578 g/mol. The molecule has 2 aromatic carbocycles. The molecule has 1 saturated heterocycles. The molecule has 1 N–H and O–H groups in total. The summed E-state index contributed by atoms with van der Waals surface area (Å²) in [7, 11) is 1.57. The molecule has 1 fully saturated rings. The van der Waals surface area contributed by atoms with E-state index in [1.165, 1.54) is 23.9 Å². The number of likely N-dealkylation sites (tertiary alicyclic amines) is 1. The molecule has 2 heterocycles. The Labute approximate surface area is 235 Å². The summed E-state index contributed by atoms with van der Waals surface area (Å²) in [6.07, 6.45) is -1.56. The van der Waals surface area contributed by atoms with E-state index in [9.17, 15) is 23.1 Å². The Morgan fingerprint density at radius 3 is 2.75 bits per heavy atom. The van der Waals surface area contributed by atoms with Crippen LogP contribution in [0.2, 0.25) is 0 Å². The van der Waals surface area contributed by atoms with Crippen molar-refractivity contribution in [1.29, 1.82) is 0 Å². The first-order chi connectivity index (χ1) is 19.1. The molecule has 4 rings (SSSR count). The molecule has 3 atom stereocenters. The van der Waals surface area contributed by atoms with Crippen molar-refractivity contribution in [2.24, 2.45) is 11.8 Å². The van der Waals surface area contributed by atoms with Crippen molar-refractivity contribution in [2.75, 3.05) is 32.5 Å².